The number of carbonyl (C=O) groups is 2. The number of carbonyl (C=O) groups excluding carboxylic acids is 2. The van der Waals surface area contributed by atoms with Crippen LogP contribution in [-0.4, -0.2) is 32.5 Å². The third-order valence-electron chi connectivity index (χ3n) is 3.68. The van der Waals surface area contributed by atoms with E-state index >= 15 is 0 Å². The summed E-state index contributed by atoms with van der Waals surface area (Å²) in [7, 11) is 3.15. The molecule has 0 atom stereocenters. The molecule has 0 aromatic heterocycles. The molecule has 25 heavy (non-hydrogen) atoms. The van der Waals surface area contributed by atoms with Gasteiger partial charge in [0.25, 0.3) is 0 Å². The highest BCUT2D eigenvalue weighted by Gasteiger charge is 2.06. The molecule has 0 fully saturated rings. The molecule has 0 saturated carbocycles. The Kier molecular flexibility index (Phi) is 6.39. The number of amides is 1. The van der Waals surface area contributed by atoms with Crippen LogP contribution in [0.25, 0.3) is 0 Å². The van der Waals surface area contributed by atoms with Crippen LogP contribution in [0.3, 0.4) is 0 Å². The van der Waals surface area contributed by atoms with Crippen molar-refractivity contribution < 1.29 is 19.1 Å². The van der Waals surface area contributed by atoms with E-state index in [0.29, 0.717) is 23.6 Å². The van der Waals surface area contributed by atoms with Crippen LogP contribution in [0.2, 0.25) is 0 Å². The largest absolute Gasteiger partial charge is 0.493 e. The van der Waals surface area contributed by atoms with Crippen molar-refractivity contribution in [1.29, 1.82) is 0 Å². The molecule has 0 bridgehead atoms. The Balaban J connectivity index is 1.83. The average Bonchev–Trinajstić information content (AvgIpc) is 2.64. The molecule has 0 spiro atoms. The predicted molar refractivity (Wildman–Crippen MR) is 96.3 cm³/mol. The highest BCUT2D eigenvalue weighted by Crippen LogP contribution is 2.27. The zero-order valence-corrected chi connectivity index (χ0v) is 14.6. The van der Waals surface area contributed by atoms with Gasteiger partial charge in [-0.3, -0.25) is 9.59 Å². The second kappa shape index (κ2) is 8.73. The first-order chi connectivity index (χ1) is 12.0. The molecule has 6 heteroatoms. The molecule has 0 saturated heterocycles. The number of methoxy groups -OCH3 is 2. The summed E-state index contributed by atoms with van der Waals surface area (Å²) >= 11 is 0. The van der Waals surface area contributed by atoms with Crippen LogP contribution < -0.4 is 20.1 Å². The first kappa shape index (κ1) is 18.3. The molecule has 2 aromatic carbocycles. The number of hydrogen-bond acceptors (Lipinski definition) is 5. The highest BCUT2D eigenvalue weighted by atomic mass is 16.5. The van der Waals surface area contributed by atoms with Crippen LogP contribution in [0, 0.1) is 0 Å². The van der Waals surface area contributed by atoms with Crippen molar-refractivity contribution >= 4 is 17.4 Å². The van der Waals surface area contributed by atoms with Crippen molar-refractivity contribution in [1.82, 2.24) is 5.32 Å². The van der Waals surface area contributed by atoms with E-state index in [9.17, 15) is 9.59 Å². The van der Waals surface area contributed by atoms with Crippen LogP contribution in [0.5, 0.6) is 11.5 Å². The number of anilines is 1. The van der Waals surface area contributed by atoms with Gasteiger partial charge in [0.15, 0.2) is 17.3 Å². The number of hydrogen-bond donors (Lipinski definition) is 2. The predicted octanol–water partition coefficient (Wildman–Crippen LogP) is 2.63. The van der Waals surface area contributed by atoms with Gasteiger partial charge in [0.1, 0.15) is 0 Å². The van der Waals surface area contributed by atoms with Crippen LogP contribution in [0.15, 0.2) is 42.5 Å². The van der Waals surface area contributed by atoms with Gasteiger partial charge in [-0.15, -0.1) is 0 Å². The lowest BCUT2D eigenvalue weighted by molar-refractivity contribution is -0.119. The fourth-order valence-corrected chi connectivity index (χ4v) is 2.26. The molecule has 0 unspecified atom stereocenters. The fraction of sp³-hybridized carbons (Fsp3) is 0.263. The Morgan fingerprint density at radius 1 is 0.960 bits per heavy atom. The standard InChI is InChI=1S/C19H22N2O4/c1-13(22)15-5-7-16(8-6-15)20-12-19(23)21-11-14-4-9-17(24-2)18(10-14)25-3/h4-10,20H,11-12H2,1-3H3,(H,21,23). The summed E-state index contributed by atoms with van der Waals surface area (Å²) in [6, 6.07) is 12.5. The van der Waals surface area contributed by atoms with Crippen molar-refractivity contribution in [3.05, 3.63) is 53.6 Å². The zero-order valence-electron chi connectivity index (χ0n) is 14.6. The number of nitrogens with one attached hydrogen (secondary N) is 2. The summed E-state index contributed by atoms with van der Waals surface area (Å²) in [6.07, 6.45) is 0. The van der Waals surface area contributed by atoms with E-state index in [2.05, 4.69) is 10.6 Å². The van der Waals surface area contributed by atoms with Crippen LogP contribution in [0.1, 0.15) is 22.8 Å². The molecule has 0 aliphatic rings. The molecule has 2 rings (SSSR count). The summed E-state index contributed by atoms with van der Waals surface area (Å²) in [4.78, 5) is 23.2. The minimum absolute atomic E-state index is 0.0132. The summed E-state index contributed by atoms with van der Waals surface area (Å²) in [5.74, 6) is 1.15. The maximum absolute atomic E-state index is 12.0. The van der Waals surface area contributed by atoms with Gasteiger partial charge < -0.3 is 20.1 Å². The Hall–Kier alpha value is -3.02. The fourth-order valence-electron chi connectivity index (χ4n) is 2.26. The van der Waals surface area contributed by atoms with Crippen molar-refractivity contribution in [3.63, 3.8) is 0 Å². The van der Waals surface area contributed by atoms with E-state index in [1.165, 1.54) is 6.92 Å². The molecule has 2 N–H and O–H groups in total. The number of ketones is 1. The number of rotatable bonds is 8. The molecule has 1 amide bonds. The smallest absolute Gasteiger partial charge is 0.239 e. The second-order valence-corrected chi connectivity index (χ2v) is 5.45. The molecule has 132 valence electrons. The minimum atomic E-state index is -0.134. The van der Waals surface area contributed by atoms with Gasteiger partial charge in [-0.1, -0.05) is 6.07 Å². The molecular formula is C19H22N2O4. The van der Waals surface area contributed by atoms with Gasteiger partial charge >= 0.3 is 0 Å². The summed E-state index contributed by atoms with van der Waals surface area (Å²) in [6.45, 7) is 2.06. The van der Waals surface area contributed by atoms with Gasteiger partial charge in [-0.05, 0) is 48.9 Å². The Labute approximate surface area is 147 Å². The minimum Gasteiger partial charge on any atom is -0.493 e. The third-order valence-corrected chi connectivity index (χ3v) is 3.68. The number of benzene rings is 2. The van der Waals surface area contributed by atoms with Crippen LogP contribution in [0.4, 0.5) is 5.69 Å². The van der Waals surface area contributed by atoms with Gasteiger partial charge in [-0.2, -0.15) is 0 Å². The lowest BCUT2D eigenvalue weighted by Gasteiger charge is -2.11. The van der Waals surface area contributed by atoms with Crippen LogP contribution >= 0.6 is 0 Å². The third kappa shape index (κ3) is 5.24. The highest BCUT2D eigenvalue weighted by molar-refractivity contribution is 5.94. The summed E-state index contributed by atoms with van der Waals surface area (Å²) in [5, 5.41) is 5.86. The van der Waals surface area contributed by atoms with Crippen LogP contribution in [-0.2, 0) is 11.3 Å². The molecular weight excluding hydrogens is 320 g/mol. The van der Waals surface area contributed by atoms with Crippen molar-refractivity contribution in [3.8, 4) is 11.5 Å². The van der Waals surface area contributed by atoms with E-state index in [1.54, 1.807) is 44.6 Å². The average molecular weight is 342 g/mol. The maximum atomic E-state index is 12.0. The van der Waals surface area contributed by atoms with E-state index < -0.39 is 0 Å². The normalized spacial score (nSPS) is 10.0. The summed E-state index contributed by atoms with van der Waals surface area (Å²) < 4.78 is 10.4. The molecule has 2 aromatic rings. The molecule has 0 heterocycles. The Morgan fingerprint density at radius 3 is 2.24 bits per heavy atom. The molecule has 0 aliphatic heterocycles. The van der Waals surface area contributed by atoms with Gasteiger partial charge in [-0.25, -0.2) is 0 Å². The first-order valence-corrected chi connectivity index (χ1v) is 7.86. The second-order valence-electron chi connectivity index (χ2n) is 5.45. The van der Waals surface area contributed by atoms with E-state index in [-0.39, 0.29) is 18.2 Å². The van der Waals surface area contributed by atoms with Gasteiger partial charge in [0.05, 0.1) is 20.8 Å². The number of Topliss-reactive ketones (excluding diaryl/α,β-unsaturated/α-hetero) is 1. The first-order valence-electron chi connectivity index (χ1n) is 7.86. The lowest BCUT2D eigenvalue weighted by Crippen LogP contribution is -2.29. The maximum Gasteiger partial charge on any atom is 0.239 e. The van der Waals surface area contributed by atoms with Crippen molar-refractivity contribution in [2.75, 3.05) is 26.1 Å². The van der Waals surface area contributed by atoms with Crippen molar-refractivity contribution in [2.24, 2.45) is 0 Å². The Bertz CT molecular complexity index is 742. The Morgan fingerprint density at radius 2 is 1.64 bits per heavy atom. The quantitative estimate of drug-likeness (QED) is 0.721. The lowest BCUT2D eigenvalue weighted by atomic mass is 10.1. The van der Waals surface area contributed by atoms with Gasteiger partial charge in [0.2, 0.25) is 5.91 Å². The monoisotopic (exact) mass is 342 g/mol. The van der Waals surface area contributed by atoms with Crippen molar-refractivity contribution in [2.45, 2.75) is 13.5 Å². The topological polar surface area (TPSA) is 76.7 Å². The van der Waals surface area contributed by atoms with Gasteiger partial charge in [0, 0.05) is 17.8 Å². The number of ether oxygens (including phenoxy) is 2. The molecule has 0 aliphatic carbocycles. The van der Waals surface area contributed by atoms with E-state index in [1.807, 2.05) is 12.1 Å². The molecule has 0 radical (unpaired) electrons. The van der Waals surface area contributed by atoms with E-state index in [0.717, 1.165) is 11.3 Å². The summed E-state index contributed by atoms with van der Waals surface area (Å²) in [5.41, 5.74) is 2.34. The zero-order chi connectivity index (χ0) is 18.2. The SMILES string of the molecule is COc1ccc(CNC(=O)CNc2ccc(C(C)=O)cc2)cc1OC. The molecule has 6 nitrogen and oxygen atoms in total. The van der Waals surface area contributed by atoms with E-state index in [4.69, 9.17) is 9.47 Å².